The second kappa shape index (κ2) is 7.27. The SMILES string of the molecule is N#Cc1csc(CNCCC(=O)N2CCCCC2)c1. The molecule has 1 saturated heterocycles. The summed E-state index contributed by atoms with van der Waals surface area (Å²) in [5.74, 6) is 0.260. The molecule has 1 fully saturated rings. The Morgan fingerprint density at radius 1 is 1.42 bits per heavy atom. The summed E-state index contributed by atoms with van der Waals surface area (Å²) >= 11 is 1.58. The van der Waals surface area contributed by atoms with E-state index in [4.69, 9.17) is 5.26 Å². The molecule has 1 N–H and O–H groups in total. The van der Waals surface area contributed by atoms with E-state index in [2.05, 4.69) is 11.4 Å². The molecule has 0 aromatic carbocycles. The fourth-order valence-corrected chi connectivity index (χ4v) is 3.02. The third-order valence-electron chi connectivity index (χ3n) is 3.31. The van der Waals surface area contributed by atoms with Gasteiger partial charge in [-0.15, -0.1) is 11.3 Å². The molecule has 0 saturated carbocycles. The molecular formula is C14H19N3OS. The molecule has 1 aliphatic rings. The molecule has 0 aliphatic carbocycles. The largest absolute Gasteiger partial charge is 0.343 e. The van der Waals surface area contributed by atoms with Crippen LogP contribution in [0.3, 0.4) is 0 Å². The van der Waals surface area contributed by atoms with E-state index in [1.54, 1.807) is 11.3 Å². The van der Waals surface area contributed by atoms with Gasteiger partial charge >= 0.3 is 0 Å². The molecule has 0 bridgehead atoms. The van der Waals surface area contributed by atoms with Gasteiger partial charge in [-0.1, -0.05) is 0 Å². The van der Waals surface area contributed by atoms with Gasteiger partial charge in [0.25, 0.3) is 0 Å². The first kappa shape index (κ1) is 14.0. The van der Waals surface area contributed by atoms with Crippen LogP contribution in [-0.2, 0) is 11.3 Å². The Kier molecular flexibility index (Phi) is 5.37. The maximum absolute atomic E-state index is 11.9. The molecule has 102 valence electrons. The van der Waals surface area contributed by atoms with Crippen molar-refractivity contribution >= 4 is 17.2 Å². The van der Waals surface area contributed by atoms with Gasteiger partial charge in [-0.25, -0.2) is 0 Å². The zero-order valence-corrected chi connectivity index (χ0v) is 11.8. The number of hydrogen-bond acceptors (Lipinski definition) is 4. The first-order valence-corrected chi connectivity index (χ1v) is 7.63. The topological polar surface area (TPSA) is 56.1 Å². The van der Waals surface area contributed by atoms with Crippen LogP contribution in [0.4, 0.5) is 0 Å². The zero-order valence-electron chi connectivity index (χ0n) is 11.0. The van der Waals surface area contributed by atoms with Gasteiger partial charge in [0.15, 0.2) is 0 Å². The first-order valence-electron chi connectivity index (χ1n) is 6.75. The molecule has 1 aromatic heterocycles. The van der Waals surface area contributed by atoms with E-state index in [1.165, 1.54) is 6.42 Å². The molecule has 0 spiro atoms. The van der Waals surface area contributed by atoms with Crippen molar-refractivity contribution < 1.29 is 4.79 Å². The van der Waals surface area contributed by atoms with E-state index in [0.29, 0.717) is 18.5 Å². The Labute approximate surface area is 118 Å². The summed E-state index contributed by atoms with van der Waals surface area (Å²) in [5, 5.41) is 13.8. The normalized spacial score (nSPS) is 15.2. The molecule has 2 heterocycles. The van der Waals surface area contributed by atoms with Crippen LogP contribution >= 0.6 is 11.3 Å². The summed E-state index contributed by atoms with van der Waals surface area (Å²) in [6.07, 6.45) is 4.11. The van der Waals surface area contributed by atoms with Crippen LogP contribution < -0.4 is 5.32 Å². The van der Waals surface area contributed by atoms with Gasteiger partial charge in [0.05, 0.1) is 5.56 Å². The second-order valence-electron chi connectivity index (χ2n) is 4.78. The molecule has 2 rings (SSSR count). The smallest absolute Gasteiger partial charge is 0.223 e. The van der Waals surface area contributed by atoms with E-state index in [9.17, 15) is 4.79 Å². The van der Waals surface area contributed by atoms with Crippen LogP contribution in [-0.4, -0.2) is 30.4 Å². The molecule has 1 aromatic rings. The monoisotopic (exact) mass is 277 g/mol. The van der Waals surface area contributed by atoms with Crippen molar-refractivity contribution in [2.75, 3.05) is 19.6 Å². The highest BCUT2D eigenvalue weighted by Crippen LogP contribution is 2.13. The van der Waals surface area contributed by atoms with Crippen molar-refractivity contribution in [2.45, 2.75) is 32.2 Å². The number of carbonyl (C=O) groups is 1. The number of nitrogens with one attached hydrogen (secondary N) is 1. The molecule has 0 unspecified atom stereocenters. The lowest BCUT2D eigenvalue weighted by Crippen LogP contribution is -2.37. The summed E-state index contributed by atoms with van der Waals surface area (Å²) in [6, 6.07) is 4.01. The molecule has 5 heteroatoms. The van der Waals surface area contributed by atoms with Gasteiger partial charge in [0, 0.05) is 42.9 Å². The molecule has 0 atom stereocenters. The number of nitriles is 1. The summed E-state index contributed by atoms with van der Waals surface area (Å²) in [5.41, 5.74) is 0.714. The minimum Gasteiger partial charge on any atom is -0.343 e. The average molecular weight is 277 g/mol. The van der Waals surface area contributed by atoms with Gasteiger partial charge in [-0.3, -0.25) is 4.79 Å². The average Bonchev–Trinajstić information content (AvgIpc) is 2.92. The molecule has 4 nitrogen and oxygen atoms in total. The molecule has 0 radical (unpaired) electrons. The standard InChI is InChI=1S/C14H19N3OS/c15-9-12-8-13(19-11-12)10-16-5-4-14(18)17-6-2-1-3-7-17/h8,11,16H,1-7,10H2. The molecular weight excluding hydrogens is 258 g/mol. The van der Waals surface area contributed by atoms with Crippen LogP contribution in [0.5, 0.6) is 0 Å². The lowest BCUT2D eigenvalue weighted by molar-refractivity contribution is -0.131. The number of carbonyl (C=O) groups excluding carboxylic acids is 1. The van der Waals surface area contributed by atoms with Crippen LogP contribution in [0.15, 0.2) is 11.4 Å². The van der Waals surface area contributed by atoms with Gasteiger partial charge in [0.1, 0.15) is 6.07 Å². The third-order valence-corrected chi connectivity index (χ3v) is 4.24. The Hall–Kier alpha value is -1.38. The fraction of sp³-hybridized carbons (Fsp3) is 0.571. The van der Waals surface area contributed by atoms with Crippen LogP contribution in [0.1, 0.15) is 36.1 Å². The summed E-state index contributed by atoms with van der Waals surface area (Å²) < 4.78 is 0. The Morgan fingerprint density at radius 2 is 2.21 bits per heavy atom. The molecule has 1 aliphatic heterocycles. The van der Waals surface area contributed by atoms with Crippen LogP contribution in [0.2, 0.25) is 0 Å². The second-order valence-corrected chi connectivity index (χ2v) is 5.78. The number of amides is 1. The number of piperidine rings is 1. The highest BCUT2D eigenvalue weighted by Gasteiger charge is 2.15. The van der Waals surface area contributed by atoms with E-state index in [1.807, 2.05) is 16.3 Å². The van der Waals surface area contributed by atoms with Crippen molar-refractivity contribution in [1.29, 1.82) is 5.26 Å². The molecule has 19 heavy (non-hydrogen) atoms. The van der Waals surface area contributed by atoms with Crippen molar-refractivity contribution in [1.82, 2.24) is 10.2 Å². The highest BCUT2D eigenvalue weighted by molar-refractivity contribution is 7.10. The Bertz CT molecular complexity index is 458. The minimum atomic E-state index is 0.260. The quantitative estimate of drug-likeness (QED) is 0.839. The van der Waals surface area contributed by atoms with Crippen molar-refractivity contribution in [3.63, 3.8) is 0 Å². The van der Waals surface area contributed by atoms with Gasteiger partial charge in [0.2, 0.25) is 5.91 Å². The lowest BCUT2D eigenvalue weighted by Gasteiger charge is -2.26. The third kappa shape index (κ3) is 4.34. The van der Waals surface area contributed by atoms with Crippen molar-refractivity contribution in [2.24, 2.45) is 0 Å². The lowest BCUT2D eigenvalue weighted by atomic mass is 10.1. The van der Waals surface area contributed by atoms with Gasteiger partial charge < -0.3 is 10.2 Å². The predicted octanol–water partition coefficient (Wildman–Crippen LogP) is 2.11. The maximum Gasteiger partial charge on any atom is 0.223 e. The fourth-order valence-electron chi connectivity index (χ4n) is 2.24. The number of likely N-dealkylation sites (tertiary alicyclic amines) is 1. The van der Waals surface area contributed by atoms with Crippen LogP contribution in [0.25, 0.3) is 0 Å². The Morgan fingerprint density at radius 3 is 2.89 bits per heavy atom. The summed E-state index contributed by atoms with van der Waals surface area (Å²) in [4.78, 5) is 15.0. The number of nitrogens with zero attached hydrogens (tertiary/aromatic N) is 2. The summed E-state index contributed by atoms with van der Waals surface area (Å²) in [6.45, 7) is 3.29. The minimum absolute atomic E-state index is 0.260. The molecule has 1 amide bonds. The number of rotatable bonds is 5. The highest BCUT2D eigenvalue weighted by atomic mass is 32.1. The predicted molar refractivity (Wildman–Crippen MR) is 75.8 cm³/mol. The van der Waals surface area contributed by atoms with Gasteiger partial charge in [-0.2, -0.15) is 5.26 Å². The maximum atomic E-state index is 11.9. The van der Waals surface area contributed by atoms with Gasteiger partial charge in [-0.05, 0) is 25.3 Å². The van der Waals surface area contributed by atoms with E-state index >= 15 is 0 Å². The van der Waals surface area contributed by atoms with E-state index in [0.717, 1.165) is 37.4 Å². The van der Waals surface area contributed by atoms with Crippen LogP contribution in [0, 0.1) is 11.3 Å². The summed E-state index contributed by atoms with van der Waals surface area (Å²) in [7, 11) is 0. The number of hydrogen-bond donors (Lipinski definition) is 1. The zero-order chi connectivity index (χ0) is 13.5. The van der Waals surface area contributed by atoms with Crippen molar-refractivity contribution in [3.05, 3.63) is 21.9 Å². The van der Waals surface area contributed by atoms with E-state index in [-0.39, 0.29) is 5.91 Å². The van der Waals surface area contributed by atoms with Crippen molar-refractivity contribution in [3.8, 4) is 6.07 Å². The first-order chi connectivity index (χ1) is 9.29. The Balaban J connectivity index is 1.63. The number of thiophene rings is 1. The van der Waals surface area contributed by atoms with E-state index < -0.39 is 0 Å².